The number of rotatable bonds is 6. The number of esters is 1. The molecule has 4 aromatic rings. The van der Waals surface area contributed by atoms with Gasteiger partial charge in [-0.2, -0.15) is 0 Å². The number of fused-ring (bicyclic) bond motifs is 1. The monoisotopic (exact) mass is 1210 g/mol. The lowest BCUT2D eigenvalue weighted by molar-refractivity contribution is -0.160. The molecule has 1 aromatic heterocycles. The number of pyridine rings is 1. The number of carboxylic acid groups (broad SMARTS) is 1. The number of anilines is 2. The number of likely N-dealkylation sites (tertiary alicyclic amines) is 1. The molecule has 3 aromatic carbocycles. The first kappa shape index (κ1) is 64.0. The molecular formula is C64H82FN7O15. The molecule has 1 spiro atoms. The maximum absolute atomic E-state index is 15.0. The molecule has 0 aliphatic carbocycles. The maximum Gasteiger partial charge on any atom is 0.341 e. The van der Waals surface area contributed by atoms with Gasteiger partial charge in [0, 0.05) is 126 Å². The Hall–Kier alpha value is -7.44. The highest BCUT2D eigenvalue weighted by atomic mass is 19.1. The smallest absolute Gasteiger partial charge is 0.341 e. The fourth-order valence-electron chi connectivity index (χ4n) is 12.9. The third-order valence-electron chi connectivity index (χ3n) is 18.1. The summed E-state index contributed by atoms with van der Waals surface area (Å²) < 4.78 is 46.5. The van der Waals surface area contributed by atoms with Crippen molar-refractivity contribution in [1.29, 1.82) is 0 Å². The van der Waals surface area contributed by atoms with Crippen LogP contribution in [0.25, 0.3) is 21.7 Å². The van der Waals surface area contributed by atoms with Gasteiger partial charge in [0.1, 0.15) is 46.5 Å². The van der Waals surface area contributed by atoms with Crippen LogP contribution in [0.1, 0.15) is 114 Å². The summed E-state index contributed by atoms with van der Waals surface area (Å²) >= 11 is 0. The van der Waals surface area contributed by atoms with E-state index in [9.17, 15) is 53.9 Å². The van der Waals surface area contributed by atoms with Crippen molar-refractivity contribution < 1.29 is 72.8 Å². The van der Waals surface area contributed by atoms with Crippen molar-refractivity contribution in [3.05, 3.63) is 91.8 Å². The Morgan fingerprint density at radius 1 is 0.897 bits per heavy atom. The largest absolute Gasteiger partial charge is 0.507 e. The van der Waals surface area contributed by atoms with Crippen LogP contribution < -0.4 is 35.8 Å². The van der Waals surface area contributed by atoms with Gasteiger partial charge in [-0.15, -0.1) is 0 Å². The van der Waals surface area contributed by atoms with E-state index in [1.54, 1.807) is 70.4 Å². The third-order valence-corrected chi connectivity index (χ3v) is 18.1. The maximum atomic E-state index is 15.0. The van der Waals surface area contributed by atoms with Gasteiger partial charge in [-0.1, -0.05) is 59.8 Å². The first-order valence-electron chi connectivity index (χ1n) is 29.8. The second kappa shape index (κ2) is 25.0. The highest BCUT2D eigenvalue weighted by Gasteiger charge is 2.50. The van der Waals surface area contributed by atoms with Crippen molar-refractivity contribution in [2.45, 2.75) is 131 Å². The first-order valence-corrected chi connectivity index (χ1v) is 29.8. The number of nitrogens with zero attached hydrogens (tertiary/aromatic N) is 6. The van der Waals surface area contributed by atoms with Crippen LogP contribution >= 0.6 is 0 Å². The van der Waals surface area contributed by atoms with Gasteiger partial charge in [-0.25, -0.2) is 9.18 Å². The molecule has 0 radical (unpaired) electrons. The van der Waals surface area contributed by atoms with Crippen LogP contribution in [0.3, 0.4) is 0 Å². The summed E-state index contributed by atoms with van der Waals surface area (Å²) in [5, 5.41) is 59.5. The minimum atomic E-state index is -1.96. The molecule has 4 bridgehead atoms. The lowest BCUT2D eigenvalue weighted by atomic mass is 9.78. The van der Waals surface area contributed by atoms with Gasteiger partial charge in [-0.3, -0.25) is 29.2 Å². The number of phenols is 2. The van der Waals surface area contributed by atoms with Crippen LogP contribution in [-0.2, 0) is 23.8 Å². The molecule has 6 N–H and O–H groups in total. The third kappa shape index (κ3) is 12.0. The summed E-state index contributed by atoms with van der Waals surface area (Å²) in [6, 6.07) is 0.994. The Bertz CT molecular complexity index is 3700. The minimum absolute atomic E-state index is 0.0364. The number of aromatic nitrogens is 1. The standard InChI is InChI=1S/C46H62N4O11.C18H20FN3O4/c1-22(2)21-50-18-16-46(17-19-50)48-34-31-32-39(54)28(8)42-33(31)43(56)45(10,61-42)59-20-15-30(58-11)25(5)41(60-29(9)51)27(7)38(53)26(6)37(52)23(3)13-12-14-24(4)44(57)47-36(40(32)55)35(34)49-46;1-10-9-26-17-14-11(16(23)12(18(24)25)8-22(10)14)7-13(19)15(17)21-5-3-20(2)4-6-21/h12-15,20,22-23,25-27,30,37-38,41,52-55H,16-19,21H2,1-11H3,(H,47,57);7-8,10H,3-6,9H2,1-2H3,(H,24,25)/b13-12+,20-15+,24-14-;/t23-,25+,26+,27+,30-,37-,38+,41+,45-;10-/m00/s1. The molecule has 2 saturated heterocycles. The molecule has 470 valence electrons. The van der Waals surface area contributed by atoms with Gasteiger partial charge in [-0.05, 0) is 45.9 Å². The molecule has 6 aliphatic heterocycles. The number of piperidine rings is 1. The van der Waals surface area contributed by atoms with E-state index in [0.717, 1.165) is 25.7 Å². The van der Waals surface area contributed by atoms with Crippen LogP contribution in [0.5, 0.6) is 23.0 Å². The van der Waals surface area contributed by atoms with Crippen LogP contribution in [0.15, 0.2) is 63.2 Å². The highest BCUT2D eigenvalue weighted by molar-refractivity contribution is 6.19. The number of ether oxygens (including phenoxy) is 5. The van der Waals surface area contributed by atoms with E-state index in [-0.39, 0.29) is 79.0 Å². The van der Waals surface area contributed by atoms with Gasteiger partial charge >= 0.3 is 17.7 Å². The predicted molar refractivity (Wildman–Crippen MR) is 323 cm³/mol. The molecule has 1 amide bonds. The number of amides is 1. The molecule has 7 heterocycles. The summed E-state index contributed by atoms with van der Waals surface area (Å²) in [6.07, 6.45) is 6.38. The molecule has 6 aliphatic rings. The van der Waals surface area contributed by atoms with Gasteiger partial charge in [0.15, 0.2) is 23.0 Å². The van der Waals surface area contributed by atoms with Crippen LogP contribution in [-0.4, -0.2) is 166 Å². The quantitative estimate of drug-likeness (QED) is 0.0913. The average Bonchev–Trinajstić information content (AvgIpc) is 1.62. The summed E-state index contributed by atoms with van der Waals surface area (Å²) in [5.41, 5.74) is -0.796. The van der Waals surface area contributed by atoms with E-state index in [1.807, 2.05) is 18.9 Å². The molecule has 23 heteroatoms. The van der Waals surface area contributed by atoms with Gasteiger partial charge in [0.05, 0.1) is 57.8 Å². The van der Waals surface area contributed by atoms with Crippen molar-refractivity contribution in [2.75, 3.05) is 76.8 Å². The normalized spacial score (nSPS) is 29.0. The number of aromatic hydroxyl groups is 2. The Morgan fingerprint density at radius 3 is 2.20 bits per heavy atom. The van der Waals surface area contributed by atoms with Crippen molar-refractivity contribution >= 4 is 56.7 Å². The van der Waals surface area contributed by atoms with Crippen molar-refractivity contribution in [3.63, 3.8) is 0 Å². The molecular weight excluding hydrogens is 1130 g/mol. The fourth-order valence-corrected chi connectivity index (χ4v) is 12.9. The number of halogens is 1. The summed E-state index contributed by atoms with van der Waals surface area (Å²) in [7, 11) is 3.48. The number of hydrogen-bond acceptors (Lipinski definition) is 19. The number of phenolic OH excluding ortho intramolecular Hbond substituents is 2. The molecule has 87 heavy (non-hydrogen) atoms. The number of carbonyl (C=O) groups excluding carboxylic acids is 3. The topological polar surface area (TPSA) is 284 Å². The SMILES string of the molecule is CO[C@H]1/C=C/O[C@@]2(C)Oc3c(C)c(O)c4c(O)c(c5c(c4c3C2=O)=NC2(CCN(CC(C)C)CC2)N=5)NC(=O)/C(C)=C\C=C\[C@H](C)[C@H](O)[C@@H](C)[C@@H](O)[C@@H](C)[C@H](OC(C)=O)[C@@H]1C.C[C@H]1COc2c(N3CCN(C)CC3)c(F)cc3c(=O)c(C(=O)O)cn1c23. The number of ketones is 1. The number of likely N-dealkylation sites (N-methyl/N-ethyl adjacent to an activating group) is 1. The predicted octanol–water partition coefficient (Wildman–Crippen LogP) is 6.29. The van der Waals surface area contributed by atoms with Crippen LogP contribution in [0.4, 0.5) is 15.8 Å². The summed E-state index contributed by atoms with van der Waals surface area (Å²) in [5.74, 6) is -7.99. The van der Waals surface area contributed by atoms with Crippen LogP contribution in [0, 0.1) is 42.3 Å². The lowest BCUT2D eigenvalue weighted by Gasteiger charge is -2.38. The number of Topliss-reactive ketones (excluding diaryl/α,β-unsaturated/α-hetero) is 1. The minimum Gasteiger partial charge on any atom is -0.507 e. The number of carboxylic acids is 1. The molecule has 2 fully saturated rings. The number of benzene rings is 3. The number of methoxy groups -OCH3 is 1. The lowest BCUT2D eigenvalue weighted by Crippen LogP contribution is -2.46. The van der Waals surface area contributed by atoms with E-state index in [1.165, 1.54) is 33.4 Å². The second-order valence-corrected chi connectivity index (χ2v) is 24.9. The van der Waals surface area contributed by atoms with E-state index < -0.39 is 100 Å². The second-order valence-electron chi connectivity index (χ2n) is 24.9. The van der Waals surface area contributed by atoms with Gasteiger partial charge in [0.2, 0.25) is 5.43 Å². The van der Waals surface area contributed by atoms with E-state index in [2.05, 4.69) is 29.0 Å². The number of aromatic carboxylic acids is 1. The number of aliphatic hydroxyl groups excluding tert-OH is 2. The van der Waals surface area contributed by atoms with Gasteiger partial charge < -0.3 is 73.8 Å². The van der Waals surface area contributed by atoms with Crippen molar-refractivity contribution in [2.24, 2.45) is 39.6 Å². The average molecular weight is 1210 g/mol. The molecule has 10 atom stereocenters. The van der Waals surface area contributed by atoms with E-state index >= 15 is 0 Å². The summed E-state index contributed by atoms with van der Waals surface area (Å²) in [4.78, 5) is 81.8. The zero-order chi connectivity index (χ0) is 63.5. The zero-order valence-electron chi connectivity index (χ0n) is 51.8. The Balaban J connectivity index is 0.000000286. The number of carbonyl (C=O) groups is 4. The van der Waals surface area contributed by atoms with Crippen LogP contribution in [0.2, 0.25) is 0 Å². The Labute approximate surface area is 504 Å². The fraction of sp³-hybridized carbons (Fsp3) is 0.547. The molecule has 10 rings (SSSR count). The Morgan fingerprint density at radius 2 is 1.56 bits per heavy atom. The van der Waals surface area contributed by atoms with E-state index in [4.69, 9.17) is 33.7 Å². The Kier molecular flexibility index (Phi) is 18.4. The number of piperazine rings is 1. The molecule has 0 unspecified atom stereocenters. The van der Waals surface area contributed by atoms with Crippen molar-refractivity contribution in [1.82, 2.24) is 14.4 Å². The first-order chi connectivity index (χ1) is 41.0. The molecule has 22 nitrogen and oxygen atoms in total. The highest BCUT2D eigenvalue weighted by Crippen LogP contribution is 2.50. The van der Waals surface area contributed by atoms with Gasteiger partial charge in [0.25, 0.3) is 11.7 Å². The number of aliphatic hydroxyl groups is 2. The number of allylic oxidation sites excluding steroid dienone is 2. The van der Waals surface area contributed by atoms with Crippen molar-refractivity contribution in [3.8, 4) is 23.0 Å². The molecule has 0 saturated carbocycles. The van der Waals surface area contributed by atoms with E-state index in [0.29, 0.717) is 61.9 Å². The number of nitrogens with one attached hydrogen (secondary N) is 1. The number of hydrogen-bond donors (Lipinski definition) is 6. The summed E-state index contributed by atoms with van der Waals surface area (Å²) in [6.45, 7) is 24.6. The zero-order valence-corrected chi connectivity index (χ0v) is 51.8.